The first-order valence-electron chi connectivity index (χ1n) is 10.1. The first kappa shape index (κ1) is 23.8. The molecule has 0 spiro atoms. The zero-order chi connectivity index (χ0) is 23.0. The van der Waals surface area contributed by atoms with E-state index in [-0.39, 0.29) is 19.4 Å². The van der Waals surface area contributed by atoms with Gasteiger partial charge in [-0.1, -0.05) is 37.3 Å². The van der Waals surface area contributed by atoms with Crippen LogP contribution in [0.15, 0.2) is 30.3 Å². The second-order valence-electron chi connectivity index (χ2n) is 7.43. The molecule has 1 heterocycles. The minimum Gasteiger partial charge on any atom is -0.466 e. The summed E-state index contributed by atoms with van der Waals surface area (Å²) in [7, 11) is 0. The van der Waals surface area contributed by atoms with Gasteiger partial charge < -0.3 is 26.4 Å². The molecule has 0 saturated carbocycles. The highest BCUT2D eigenvalue weighted by Gasteiger charge is 2.35. The highest BCUT2D eigenvalue weighted by atomic mass is 16.5. The normalized spacial score (nSPS) is 20.1. The standard InChI is InChI=1S/C21H28N4O6/c1-3-31-21(30)12(2)9-14(18(22)27)23-17(26)11-16-20(29)24-15(19(28)25-16)10-13-7-5-4-6-8-13/h4-8,12,14-16H,3,9-11H2,1-2H3,(H2,22,27)(H,23,26)(H,24,29)(H,25,28)/t12-,14+,15+,16+/m1/s1. The summed E-state index contributed by atoms with van der Waals surface area (Å²) in [6.45, 7) is 3.41. The van der Waals surface area contributed by atoms with Gasteiger partial charge >= 0.3 is 5.97 Å². The monoisotopic (exact) mass is 432 g/mol. The van der Waals surface area contributed by atoms with Crippen molar-refractivity contribution in [3.63, 3.8) is 0 Å². The number of rotatable bonds is 10. The lowest BCUT2D eigenvalue weighted by molar-refractivity contribution is -0.148. The Hall–Kier alpha value is -3.43. The molecular formula is C21H28N4O6. The van der Waals surface area contributed by atoms with Gasteiger partial charge in [-0.3, -0.25) is 24.0 Å². The van der Waals surface area contributed by atoms with E-state index in [4.69, 9.17) is 10.5 Å². The Kier molecular flexibility index (Phi) is 8.53. The number of esters is 1. The number of carbonyl (C=O) groups excluding carboxylic acids is 5. The van der Waals surface area contributed by atoms with E-state index < -0.39 is 53.6 Å². The molecule has 1 aliphatic rings. The average Bonchev–Trinajstić information content (AvgIpc) is 2.72. The molecule has 1 aliphatic heterocycles. The fourth-order valence-electron chi connectivity index (χ4n) is 3.23. The lowest BCUT2D eigenvalue weighted by Gasteiger charge is -2.29. The number of carbonyl (C=O) groups is 5. The molecule has 0 aromatic heterocycles. The Morgan fingerprint density at radius 3 is 2.32 bits per heavy atom. The van der Waals surface area contributed by atoms with Gasteiger partial charge in [-0.25, -0.2) is 0 Å². The zero-order valence-corrected chi connectivity index (χ0v) is 17.6. The van der Waals surface area contributed by atoms with Gasteiger partial charge in [0.15, 0.2) is 0 Å². The van der Waals surface area contributed by atoms with Crippen molar-refractivity contribution in [1.82, 2.24) is 16.0 Å². The molecule has 2 rings (SSSR count). The van der Waals surface area contributed by atoms with Gasteiger partial charge in [0.25, 0.3) is 0 Å². The summed E-state index contributed by atoms with van der Waals surface area (Å²) in [6.07, 6.45) is -0.0810. The van der Waals surface area contributed by atoms with Crippen LogP contribution in [0.1, 0.15) is 32.3 Å². The Balaban J connectivity index is 1.90. The molecule has 5 N–H and O–H groups in total. The maximum atomic E-state index is 12.4. The Morgan fingerprint density at radius 2 is 1.71 bits per heavy atom. The summed E-state index contributed by atoms with van der Waals surface area (Å²) in [5.74, 6) is -3.53. The van der Waals surface area contributed by atoms with Gasteiger partial charge in [0.1, 0.15) is 18.1 Å². The summed E-state index contributed by atoms with van der Waals surface area (Å²) < 4.78 is 4.89. The van der Waals surface area contributed by atoms with Crippen molar-refractivity contribution in [1.29, 1.82) is 0 Å². The number of piperazine rings is 1. The predicted molar refractivity (Wildman–Crippen MR) is 110 cm³/mol. The van der Waals surface area contributed by atoms with Crippen molar-refractivity contribution in [3.05, 3.63) is 35.9 Å². The predicted octanol–water partition coefficient (Wildman–Crippen LogP) is -0.838. The molecule has 10 heteroatoms. The molecule has 4 amide bonds. The topological polar surface area (TPSA) is 157 Å². The van der Waals surface area contributed by atoms with Gasteiger partial charge in [0, 0.05) is 6.42 Å². The maximum Gasteiger partial charge on any atom is 0.308 e. The number of hydrogen-bond acceptors (Lipinski definition) is 6. The van der Waals surface area contributed by atoms with E-state index in [1.807, 2.05) is 30.3 Å². The number of hydrogen-bond donors (Lipinski definition) is 4. The first-order valence-corrected chi connectivity index (χ1v) is 10.1. The molecule has 168 valence electrons. The van der Waals surface area contributed by atoms with Crippen LogP contribution in [0.25, 0.3) is 0 Å². The summed E-state index contributed by atoms with van der Waals surface area (Å²) in [5.41, 5.74) is 6.21. The van der Waals surface area contributed by atoms with Crippen molar-refractivity contribution in [3.8, 4) is 0 Å². The van der Waals surface area contributed by atoms with Gasteiger partial charge in [0.05, 0.1) is 18.9 Å². The van der Waals surface area contributed by atoms with E-state index in [2.05, 4.69) is 16.0 Å². The molecular weight excluding hydrogens is 404 g/mol. The summed E-state index contributed by atoms with van der Waals surface area (Å²) in [5, 5.41) is 7.59. The van der Waals surface area contributed by atoms with Crippen LogP contribution in [0.5, 0.6) is 0 Å². The van der Waals surface area contributed by atoms with Crippen molar-refractivity contribution in [2.24, 2.45) is 11.7 Å². The summed E-state index contributed by atoms with van der Waals surface area (Å²) >= 11 is 0. The largest absolute Gasteiger partial charge is 0.466 e. The molecule has 1 fully saturated rings. The van der Waals surface area contributed by atoms with E-state index in [1.54, 1.807) is 13.8 Å². The number of benzene rings is 1. The van der Waals surface area contributed by atoms with Crippen LogP contribution in [0, 0.1) is 5.92 Å². The van der Waals surface area contributed by atoms with Crippen LogP contribution in [-0.4, -0.2) is 54.3 Å². The Labute approximate surface area is 180 Å². The maximum absolute atomic E-state index is 12.4. The van der Waals surface area contributed by atoms with Crippen LogP contribution < -0.4 is 21.7 Å². The molecule has 31 heavy (non-hydrogen) atoms. The minimum atomic E-state index is -1.11. The highest BCUT2D eigenvalue weighted by molar-refractivity contribution is 5.99. The molecule has 0 unspecified atom stereocenters. The van der Waals surface area contributed by atoms with Crippen LogP contribution in [0.2, 0.25) is 0 Å². The molecule has 1 aromatic rings. The van der Waals surface area contributed by atoms with Crippen molar-refractivity contribution in [2.75, 3.05) is 6.61 Å². The third-order valence-corrected chi connectivity index (χ3v) is 4.90. The number of primary amides is 1. The molecule has 0 radical (unpaired) electrons. The number of nitrogens with two attached hydrogens (primary N) is 1. The smallest absolute Gasteiger partial charge is 0.308 e. The lowest BCUT2D eigenvalue weighted by Crippen LogP contribution is -2.63. The quantitative estimate of drug-likeness (QED) is 0.353. The molecule has 10 nitrogen and oxygen atoms in total. The van der Waals surface area contributed by atoms with Crippen LogP contribution in [0.4, 0.5) is 0 Å². The SMILES string of the molecule is CCOC(=O)[C@H](C)C[C@H](NC(=O)C[C@@H]1NC(=O)[C@H](Cc2ccccc2)NC1=O)C(N)=O. The summed E-state index contributed by atoms with van der Waals surface area (Å²) in [4.78, 5) is 60.5. The third-order valence-electron chi connectivity index (χ3n) is 4.90. The number of ether oxygens (including phenoxy) is 1. The van der Waals surface area contributed by atoms with Crippen LogP contribution >= 0.6 is 0 Å². The summed E-state index contributed by atoms with van der Waals surface area (Å²) in [6, 6.07) is 6.30. The van der Waals surface area contributed by atoms with Crippen molar-refractivity contribution < 1.29 is 28.7 Å². The molecule has 0 bridgehead atoms. The zero-order valence-electron chi connectivity index (χ0n) is 17.6. The Bertz CT molecular complexity index is 828. The first-order chi connectivity index (χ1) is 14.7. The fourth-order valence-corrected chi connectivity index (χ4v) is 3.23. The molecule has 1 saturated heterocycles. The molecule has 1 aromatic carbocycles. The minimum absolute atomic E-state index is 0.0394. The van der Waals surface area contributed by atoms with Gasteiger partial charge in [-0.15, -0.1) is 0 Å². The van der Waals surface area contributed by atoms with Gasteiger partial charge in [-0.2, -0.15) is 0 Å². The van der Waals surface area contributed by atoms with E-state index in [0.29, 0.717) is 6.42 Å². The highest BCUT2D eigenvalue weighted by Crippen LogP contribution is 2.11. The third kappa shape index (κ3) is 7.09. The van der Waals surface area contributed by atoms with E-state index in [1.165, 1.54) is 0 Å². The average molecular weight is 432 g/mol. The van der Waals surface area contributed by atoms with Crippen molar-refractivity contribution >= 4 is 29.6 Å². The van der Waals surface area contributed by atoms with E-state index in [0.717, 1.165) is 5.56 Å². The molecule has 4 atom stereocenters. The van der Waals surface area contributed by atoms with Crippen LogP contribution in [-0.2, 0) is 35.1 Å². The van der Waals surface area contributed by atoms with Gasteiger partial charge in [0.2, 0.25) is 23.6 Å². The van der Waals surface area contributed by atoms with Crippen molar-refractivity contribution in [2.45, 2.75) is 51.2 Å². The Morgan fingerprint density at radius 1 is 1.10 bits per heavy atom. The van der Waals surface area contributed by atoms with Gasteiger partial charge in [-0.05, 0) is 18.9 Å². The number of nitrogens with one attached hydrogen (secondary N) is 3. The van der Waals surface area contributed by atoms with E-state index in [9.17, 15) is 24.0 Å². The second-order valence-corrected chi connectivity index (χ2v) is 7.43. The second kappa shape index (κ2) is 11.1. The van der Waals surface area contributed by atoms with E-state index >= 15 is 0 Å². The molecule has 0 aliphatic carbocycles. The lowest BCUT2D eigenvalue weighted by atomic mass is 9.99. The fraction of sp³-hybridized carbons (Fsp3) is 0.476. The van der Waals surface area contributed by atoms with Crippen LogP contribution in [0.3, 0.4) is 0 Å². The number of amides is 4.